The lowest BCUT2D eigenvalue weighted by Crippen LogP contribution is -2.43. The summed E-state index contributed by atoms with van der Waals surface area (Å²) in [7, 11) is 2.86. The van der Waals surface area contributed by atoms with Gasteiger partial charge in [0.15, 0.2) is 0 Å². The van der Waals surface area contributed by atoms with Gasteiger partial charge in [0.05, 0.1) is 39.4 Å². The van der Waals surface area contributed by atoms with Crippen LogP contribution >= 0.6 is 23.2 Å². The van der Waals surface area contributed by atoms with Crippen LogP contribution in [-0.4, -0.2) is 34.2 Å². The average Bonchev–Trinajstić information content (AvgIpc) is 3.10. The van der Waals surface area contributed by atoms with Crippen LogP contribution in [0.25, 0.3) is 16.7 Å². The van der Waals surface area contributed by atoms with Crippen LogP contribution < -0.4 is 11.0 Å². The fourth-order valence-corrected chi connectivity index (χ4v) is 4.38. The number of amides is 1. The summed E-state index contributed by atoms with van der Waals surface area (Å²) < 4.78 is 22.0. The van der Waals surface area contributed by atoms with Gasteiger partial charge in [0.1, 0.15) is 11.9 Å². The van der Waals surface area contributed by atoms with Gasteiger partial charge in [-0.3, -0.25) is 13.9 Å². The number of para-hydroxylation sites is 1. The van der Waals surface area contributed by atoms with E-state index in [1.807, 2.05) is 0 Å². The van der Waals surface area contributed by atoms with Gasteiger partial charge in [-0.1, -0.05) is 47.5 Å². The summed E-state index contributed by atoms with van der Waals surface area (Å²) in [6.45, 7) is 0. The first-order chi connectivity index (χ1) is 16.7. The highest BCUT2D eigenvalue weighted by Crippen LogP contribution is 2.25. The van der Waals surface area contributed by atoms with E-state index in [1.165, 1.54) is 28.4 Å². The van der Waals surface area contributed by atoms with Crippen molar-refractivity contribution in [1.29, 1.82) is 0 Å². The van der Waals surface area contributed by atoms with Crippen LogP contribution in [0, 0.1) is 5.82 Å². The van der Waals surface area contributed by atoms with Gasteiger partial charge in [0, 0.05) is 13.5 Å². The lowest BCUT2D eigenvalue weighted by molar-refractivity contribution is -0.142. The summed E-state index contributed by atoms with van der Waals surface area (Å²) in [5, 5.41) is 2.85. The Hall–Kier alpha value is -3.62. The number of carbonyl (C=O) groups is 2. The molecule has 0 aliphatic carbocycles. The lowest BCUT2D eigenvalue weighted by atomic mass is 10.0. The highest BCUT2D eigenvalue weighted by atomic mass is 35.5. The van der Waals surface area contributed by atoms with Gasteiger partial charge >= 0.3 is 11.7 Å². The molecule has 0 aliphatic rings. The second-order valence-electron chi connectivity index (χ2n) is 7.80. The van der Waals surface area contributed by atoms with Gasteiger partial charge in [-0.25, -0.2) is 14.0 Å². The molecular weight excluding hydrogens is 496 g/mol. The van der Waals surface area contributed by atoms with E-state index in [1.54, 1.807) is 49.5 Å². The first kappa shape index (κ1) is 24.5. The van der Waals surface area contributed by atoms with Gasteiger partial charge in [0.25, 0.3) is 5.91 Å². The average molecular weight is 516 g/mol. The van der Waals surface area contributed by atoms with Crippen molar-refractivity contribution in [3.05, 3.63) is 98.1 Å². The van der Waals surface area contributed by atoms with Gasteiger partial charge in [-0.2, -0.15) is 0 Å². The maximum atomic E-state index is 14.1. The summed E-state index contributed by atoms with van der Waals surface area (Å²) in [5.74, 6) is -2.34. The molecule has 4 aromatic rings. The van der Waals surface area contributed by atoms with Crippen molar-refractivity contribution in [1.82, 2.24) is 14.5 Å². The third kappa shape index (κ3) is 4.67. The lowest BCUT2D eigenvalue weighted by Gasteiger charge is -2.17. The zero-order chi connectivity index (χ0) is 25.3. The Morgan fingerprint density at radius 2 is 1.69 bits per heavy atom. The van der Waals surface area contributed by atoms with Crippen molar-refractivity contribution < 1.29 is 18.7 Å². The molecule has 4 rings (SSSR count). The van der Waals surface area contributed by atoms with Crippen LogP contribution in [-0.2, 0) is 23.0 Å². The van der Waals surface area contributed by atoms with E-state index in [0.717, 1.165) is 6.07 Å². The molecule has 180 valence electrons. The quantitative estimate of drug-likeness (QED) is 0.388. The summed E-state index contributed by atoms with van der Waals surface area (Å²) >= 11 is 12.3. The Morgan fingerprint density at radius 1 is 1.03 bits per heavy atom. The molecule has 1 atom stereocenters. The number of methoxy groups -OCH3 is 1. The summed E-state index contributed by atoms with van der Waals surface area (Å²) in [4.78, 5) is 37.9. The molecule has 1 amide bonds. The zero-order valence-electron chi connectivity index (χ0n) is 18.7. The Labute approximate surface area is 209 Å². The first-order valence-corrected chi connectivity index (χ1v) is 11.3. The van der Waals surface area contributed by atoms with Crippen LogP contribution in [0.4, 0.5) is 4.39 Å². The maximum absolute atomic E-state index is 14.1. The minimum absolute atomic E-state index is 0.0654. The Bertz CT molecular complexity index is 1480. The molecule has 7 nitrogen and oxygen atoms in total. The number of hydrogen-bond donors (Lipinski definition) is 1. The molecule has 0 bridgehead atoms. The summed E-state index contributed by atoms with van der Waals surface area (Å²) in [6, 6.07) is 14.9. The normalized spacial score (nSPS) is 11.9. The highest BCUT2D eigenvalue weighted by molar-refractivity contribution is 6.35. The fraction of sp³-hybridized carbons (Fsp3) is 0.160. The molecule has 0 spiro atoms. The molecule has 10 heteroatoms. The van der Waals surface area contributed by atoms with Crippen LogP contribution in [0.1, 0.15) is 15.9 Å². The molecule has 1 N–H and O–H groups in total. The highest BCUT2D eigenvalue weighted by Gasteiger charge is 2.25. The Balaban J connectivity index is 1.62. The minimum atomic E-state index is -1.09. The smallest absolute Gasteiger partial charge is 0.333 e. The molecule has 1 heterocycles. The molecule has 35 heavy (non-hydrogen) atoms. The predicted molar refractivity (Wildman–Crippen MR) is 132 cm³/mol. The van der Waals surface area contributed by atoms with Crippen LogP contribution in [0.3, 0.4) is 0 Å². The van der Waals surface area contributed by atoms with Crippen molar-refractivity contribution in [2.24, 2.45) is 7.05 Å². The van der Waals surface area contributed by atoms with Crippen molar-refractivity contribution >= 4 is 46.1 Å². The number of nitrogens with one attached hydrogen (secondary N) is 1. The molecule has 0 saturated heterocycles. The number of rotatable bonds is 6. The molecule has 3 aromatic carbocycles. The Morgan fingerprint density at radius 3 is 2.34 bits per heavy atom. The van der Waals surface area contributed by atoms with Crippen molar-refractivity contribution in [3.63, 3.8) is 0 Å². The van der Waals surface area contributed by atoms with E-state index in [4.69, 9.17) is 27.9 Å². The van der Waals surface area contributed by atoms with Crippen LogP contribution in [0.2, 0.25) is 10.0 Å². The third-order valence-corrected chi connectivity index (χ3v) is 6.26. The number of aryl methyl sites for hydroxylation is 1. The van der Waals surface area contributed by atoms with E-state index in [-0.39, 0.29) is 22.7 Å². The topological polar surface area (TPSA) is 82.3 Å². The van der Waals surface area contributed by atoms with Gasteiger partial charge in [-0.15, -0.1) is 0 Å². The number of fused-ring (bicyclic) bond motifs is 1. The van der Waals surface area contributed by atoms with E-state index in [9.17, 15) is 18.8 Å². The number of hydrogen-bond acceptors (Lipinski definition) is 4. The SMILES string of the molecule is COC(=O)[C@H](Cc1ccc(-n2c(=O)n(C)c3cccc(Cl)c32)cc1)NC(=O)c1c(F)cccc1Cl. The number of halogens is 3. The van der Waals surface area contributed by atoms with Crippen molar-refractivity contribution in [3.8, 4) is 5.69 Å². The molecule has 0 fully saturated rings. The number of carbonyl (C=O) groups excluding carboxylic acids is 2. The molecular formula is C25H20Cl2FN3O4. The van der Waals surface area contributed by atoms with E-state index < -0.39 is 23.7 Å². The summed E-state index contributed by atoms with van der Waals surface area (Å²) in [5.41, 5.74) is 1.90. The number of esters is 1. The number of benzene rings is 3. The van der Waals surface area contributed by atoms with E-state index in [2.05, 4.69) is 5.32 Å². The van der Waals surface area contributed by atoms with Crippen LogP contribution in [0.5, 0.6) is 0 Å². The minimum Gasteiger partial charge on any atom is -0.467 e. The zero-order valence-corrected chi connectivity index (χ0v) is 20.2. The fourth-order valence-electron chi connectivity index (χ4n) is 3.88. The molecule has 0 radical (unpaired) electrons. The standard InChI is InChI=1S/C25H20Cl2FN3O4/c1-30-20-8-4-6-17(27)22(20)31(25(30)34)15-11-9-14(10-12-15)13-19(24(33)35-2)29-23(32)21-16(26)5-3-7-18(21)28/h3-12,19H,13H2,1-2H3,(H,29,32)/t19-/m0/s1. The predicted octanol–water partition coefficient (Wildman–Crippen LogP) is 4.29. The largest absolute Gasteiger partial charge is 0.467 e. The third-order valence-electron chi connectivity index (χ3n) is 5.64. The van der Waals surface area contributed by atoms with E-state index in [0.29, 0.717) is 27.3 Å². The van der Waals surface area contributed by atoms with Crippen LogP contribution in [0.15, 0.2) is 65.5 Å². The first-order valence-electron chi connectivity index (χ1n) is 10.5. The Kier molecular flexibility index (Phi) is 6.95. The monoisotopic (exact) mass is 515 g/mol. The van der Waals surface area contributed by atoms with Gasteiger partial charge < -0.3 is 10.1 Å². The van der Waals surface area contributed by atoms with Crippen molar-refractivity contribution in [2.75, 3.05) is 7.11 Å². The summed E-state index contributed by atoms with van der Waals surface area (Å²) in [6.07, 6.45) is 0.0654. The second kappa shape index (κ2) is 9.93. The molecule has 1 aromatic heterocycles. The number of nitrogens with zero attached hydrogens (tertiary/aromatic N) is 2. The van der Waals surface area contributed by atoms with E-state index >= 15 is 0 Å². The number of imidazole rings is 1. The second-order valence-corrected chi connectivity index (χ2v) is 8.62. The van der Waals surface area contributed by atoms with Gasteiger partial charge in [-0.05, 0) is 42.0 Å². The molecule has 0 aliphatic heterocycles. The number of aromatic nitrogens is 2. The molecule has 0 unspecified atom stereocenters. The maximum Gasteiger partial charge on any atom is 0.333 e. The molecule has 0 saturated carbocycles. The number of ether oxygens (including phenoxy) is 1. The van der Waals surface area contributed by atoms with Gasteiger partial charge in [0.2, 0.25) is 0 Å². The van der Waals surface area contributed by atoms with Crippen molar-refractivity contribution in [2.45, 2.75) is 12.5 Å².